The summed E-state index contributed by atoms with van der Waals surface area (Å²) >= 11 is 0. The Labute approximate surface area is 113 Å². The lowest BCUT2D eigenvalue weighted by Crippen LogP contribution is -2.38. The minimum atomic E-state index is -0.322. The van der Waals surface area contributed by atoms with Crippen LogP contribution < -0.4 is 5.32 Å². The molecule has 1 N–H and O–H groups in total. The van der Waals surface area contributed by atoms with Gasteiger partial charge in [-0.25, -0.2) is 0 Å². The van der Waals surface area contributed by atoms with Crippen LogP contribution in [0.5, 0.6) is 0 Å². The van der Waals surface area contributed by atoms with Crippen LogP contribution in [0.3, 0.4) is 0 Å². The quantitative estimate of drug-likeness (QED) is 0.681. The lowest BCUT2D eigenvalue weighted by atomic mass is 9.91. The van der Waals surface area contributed by atoms with Crippen molar-refractivity contribution in [1.82, 2.24) is 5.32 Å². The zero-order valence-electron chi connectivity index (χ0n) is 12.8. The molecule has 0 radical (unpaired) electrons. The van der Waals surface area contributed by atoms with Gasteiger partial charge in [-0.2, -0.15) is 0 Å². The van der Waals surface area contributed by atoms with E-state index < -0.39 is 0 Å². The minimum Gasteiger partial charge on any atom is -0.378 e. The number of hydrogen-bond donors (Lipinski definition) is 1. The van der Waals surface area contributed by atoms with Gasteiger partial charge in [0.15, 0.2) is 5.78 Å². The molecule has 0 aliphatic carbocycles. The molecule has 110 valence electrons. The Bertz CT molecular complexity index is 244. The lowest BCUT2D eigenvalue weighted by Gasteiger charge is -2.20. The molecular weight excluding hydrogens is 230 g/mol. The number of ketones is 1. The molecule has 0 aromatic rings. The van der Waals surface area contributed by atoms with Gasteiger partial charge in [0.1, 0.15) is 6.61 Å². The Kier molecular flexibility index (Phi) is 7.67. The molecule has 0 spiro atoms. The fourth-order valence-corrected chi connectivity index (χ4v) is 1.10. The van der Waals surface area contributed by atoms with Gasteiger partial charge in [0.05, 0.1) is 19.8 Å². The third kappa shape index (κ3) is 10.7. The normalized spacial score (nSPS) is 12.8. The maximum atomic E-state index is 11.5. The molecule has 0 saturated carbocycles. The molecule has 0 fully saturated rings. The van der Waals surface area contributed by atoms with Gasteiger partial charge in [0.25, 0.3) is 0 Å². The maximum absolute atomic E-state index is 11.5. The first kappa shape index (κ1) is 17.6. The first-order valence-corrected chi connectivity index (χ1v) is 6.57. The van der Waals surface area contributed by atoms with Crippen molar-refractivity contribution in [3.05, 3.63) is 0 Å². The van der Waals surface area contributed by atoms with E-state index in [4.69, 9.17) is 9.47 Å². The molecule has 0 rings (SSSR count). The van der Waals surface area contributed by atoms with Crippen LogP contribution in [0.25, 0.3) is 0 Å². The Morgan fingerprint density at radius 3 is 2.06 bits per heavy atom. The first-order valence-electron chi connectivity index (χ1n) is 6.57. The zero-order valence-corrected chi connectivity index (χ0v) is 12.8. The monoisotopic (exact) mass is 261 g/mol. The second kappa shape index (κ2) is 7.87. The highest BCUT2D eigenvalue weighted by atomic mass is 16.5. The molecule has 0 aliphatic heterocycles. The molecule has 0 saturated heterocycles. The van der Waals surface area contributed by atoms with Crippen LogP contribution in [0.15, 0.2) is 0 Å². The average Bonchev–Trinajstić information content (AvgIpc) is 2.18. The highest BCUT2D eigenvalue weighted by molar-refractivity contribution is 5.84. The van der Waals surface area contributed by atoms with Crippen molar-refractivity contribution in [2.75, 3.05) is 33.0 Å². The van der Waals surface area contributed by atoms with Crippen LogP contribution in [0.1, 0.15) is 43.0 Å². The predicted octanol–water partition coefficient (Wildman–Crippen LogP) is 2.27. The standard InChI is InChI=1S/C14H29NO3.H2/c1-13(2,3)12(16)11-18-10-9-17-8-7-15-14(4,5)6;/h15H,7-11H2,1-6H3;1H. The Morgan fingerprint density at radius 1 is 1.00 bits per heavy atom. The van der Waals surface area contributed by atoms with Gasteiger partial charge in [-0.1, -0.05) is 20.8 Å². The topological polar surface area (TPSA) is 47.6 Å². The van der Waals surface area contributed by atoms with Crippen molar-refractivity contribution in [2.45, 2.75) is 47.1 Å². The molecule has 0 amide bonds. The molecule has 0 aromatic heterocycles. The maximum Gasteiger partial charge on any atom is 0.163 e. The van der Waals surface area contributed by atoms with Gasteiger partial charge < -0.3 is 14.8 Å². The van der Waals surface area contributed by atoms with E-state index in [2.05, 4.69) is 26.1 Å². The van der Waals surface area contributed by atoms with E-state index in [1.165, 1.54) is 0 Å². The van der Waals surface area contributed by atoms with E-state index >= 15 is 0 Å². The molecule has 0 unspecified atom stereocenters. The summed E-state index contributed by atoms with van der Waals surface area (Å²) in [7, 11) is 0. The van der Waals surface area contributed by atoms with E-state index in [1.54, 1.807) is 0 Å². The third-order valence-electron chi connectivity index (χ3n) is 2.34. The number of ether oxygens (including phenoxy) is 2. The zero-order chi connectivity index (χ0) is 14.2. The van der Waals surface area contributed by atoms with Crippen molar-refractivity contribution >= 4 is 5.78 Å². The number of carbonyl (C=O) groups excluding carboxylic acids is 1. The van der Waals surface area contributed by atoms with Gasteiger partial charge in [0, 0.05) is 18.9 Å². The Morgan fingerprint density at radius 2 is 1.56 bits per heavy atom. The molecule has 4 heteroatoms. The number of hydrogen-bond acceptors (Lipinski definition) is 4. The number of nitrogens with one attached hydrogen (secondary N) is 1. The van der Waals surface area contributed by atoms with Gasteiger partial charge in [-0.15, -0.1) is 0 Å². The molecule has 0 bridgehead atoms. The van der Waals surface area contributed by atoms with Crippen molar-refractivity contribution < 1.29 is 15.7 Å². The highest BCUT2D eigenvalue weighted by Crippen LogP contribution is 2.14. The molecule has 0 aromatic carbocycles. The second-order valence-corrected chi connectivity index (χ2v) is 6.51. The molecule has 0 atom stereocenters. The summed E-state index contributed by atoms with van der Waals surface area (Å²) in [6.45, 7) is 14.7. The average molecular weight is 261 g/mol. The number of carbonyl (C=O) groups is 1. The summed E-state index contributed by atoms with van der Waals surface area (Å²) in [5.41, 5.74) is -0.198. The van der Waals surface area contributed by atoms with Crippen molar-refractivity contribution in [3.8, 4) is 0 Å². The summed E-state index contributed by atoms with van der Waals surface area (Å²) in [6.07, 6.45) is 0. The van der Waals surface area contributed by atoms with Crippen LogP contribution in [-0.2, 0) is 14.3 Å². The van der Waals surface area contributed by atoms with Crippen molar-refractivity contribution in [1.29, 1.82) is 0 Å². The van der Waals surface area contributed by atoms with E-state index in [0.29, 0.717) is 19.8 Å². The van der Waals surface area contributed by atoms with E-state index in [1.807, 2.05) is 20.8 Å². The Hall–Kier alpha value is -0.450. The van der Waals surface area contributed by atoms with Gasteiger partial charge in [-0.3, -0.25) is 4.79 Å². The smallest absolute Gasteiger partial charge is 0.163 e. The molecule has 0 aliphatic rings. The lowest BCUT2D eigenvalue weighted by molar-refractivity contribution is -0.131. The van der Waals surface area contributed by atoms with Gasteiger partial charge in [0.2, 0.25) is 0 Å². The second-order valence-electron chi connectivity index (χ2n) is 6.51. The van der Waals surface area contributed by atoms with Crippen molar-refractivity contribution in [2.24, 2.45) is 5.41 Å². The third-order valence-corrected chi connectivity index (χ3v) is 2.34. The summed E-state index contributed by atoms with van der Waals surface area (Å²) in [6, 6.07) is 0. The van der Waals surface area contributed by atoms with E-state index in [9.17, 15) is 4.79 Å². The van der Waals surface area contributed by atoms with Gasteiger partial charge in [-0.05, 0) is 20.8 Å². The minimum absolute atomic E-state index is 0. The fraction of sp³-hybridized carbons (Fsp3) is 0.929. The summed E-state index contributed by atoms with van der Waals surface area (Å²) in [4.78, 5) is 11.5. The summed E-state index contributed by atoms with van der Waals surface area (Å²) in [5, 5.41) is 3.33. The molecular formula is C14H31NO3. The van der Waals surface area contributed by atoms with E-state index in [-0.39, 0.29) is 24.8 Å². The van der Waals surface area contributed by atoms with Crippen LogP contribution >= 0.6 is 0 Å². The van der Waals surface area contributed by atoms with Crippen LogP contribution in [0.4, 0.5) is 0 Å². The predicted molar refractivity (Wildman–Crippen MR) is 76.0 cm³/mol. The Balaban J connectivity index is 0. The summed E-state index contributed by atoms with van der Waals surface area (Å²) < 4.78 is 10.7. The highest BCUT2D eigenvalue weighted by Gasteiger charge is 2.20. The van der Waals surface area contributed by atoms with Gasteiger partial charge >= 0.3 is 0 Å². The number of Topliss-reactive ketones (excluding diaryl/α,β-unsaturated/α-hetero) is 1. The van der Waals surface area contributed by atoms with Crippen molar-refractivity contribution in [3.63, 3.8) is 0 Å². The fourth-order valence-electron chi connectivity index (χ4n) is 1.10. The van der Waals surface area contributed by atoms with Crippen LogP contribution in [0, 0.1) is 5.41 Å². The SMILES string of the molecule is CC(C)(C)NCCOCCOCC(=O)C(C)(C)C.[HH]. The largest absolute Gasteiger partial charge is 0.378 e. The van der Waals surface area contributed by atoms with Crippen LogP contribution in [0.2, 0.25) is 0 Å². The first-order chi connectivity index (χ1) is 8.13. The number of rotatable bonds is 8. The summed E-state index contributed by atoms with van der Waals surface area (Å²) in [5.74, 6) is 0.122. The molecule has 0 heterocycles. The molecule has 4 nitrogen and oxygen atoms in total. The van der Waals surface area contributed by atoms with Crippen LogP contribution in [-0.4, -0.2) is 44.3 Å². The molecule has 18 heavy (non-hydrogen) atoms. The van der Waals surface area contributed by atoms with E-state index in [0.717, 1.165) is 6.54 Å².